The summed E-state index contributed by atoms with van der Waals surface area (Å²) in [5, 5.41) is 6.44. The van der Waals surface area contributed by atoms with Gasteiger partial charge in [0.1, 0.15) is 5.75 Å². The molecule has 0 spiro atoms. The first kappa shape index (κ1) is 15.4. The van der Waals surface area contributed by atoms with Crippen LogP contribution in [0.1, 0.15) is 17.5 Å². The van der Waals surface area contributed by atoms with Crippen LogP contribution in [0.4, 0.5) is 5.69 Å². The highest BCUT2D eigenvalue weighted by Gasteiger charge is 2.25. The van der Waals surface area contributed by atoms with Crippen molar-refractivity contribution in [2.45, 2.75) is 13.0 Å². The Kier molecular flexibility index (Phi) is 4.21. The van der Waals surface area contributed by atoms with E-state index in [0.717, 1.165) is 22.6 Å². The largest absolute Gasteiger partial charge is 0.497 e. The summed E-state index contributed by atoms with van der Waals surface area (Å²) < 4.78 is 5.21. The molecule has 5 nitrogen and oxygen atoms in total. The van der Waals surface area contributed by atoms with Crippen molar-refractivity contribution in [3.8, 4) is 5.75 Å². The van der Waals surface area contributed by atoms with Crippen LogP contribution in [-0.4, -0.2) is 23.7 Å². The Morgan fingerprint density at radius 3 is 2.87 bits per heavy atom. The van der Waals surface area contributed by atoms with E-state index in [1.807, 2.05) is 30.3 Å². The lowest BCUT2D eigenvalue weighted by atomic mass is 10.1. The van der Waals surface area contributed by atoms with Crippen LogP contribution >= 0.6 is 11.6 Å². The monoisotopic (exact) mass is 329 g/mol. The Morgan fingerprint density at radius 1 is 1.30 bits per heavy atom. The lowest BCUT2D eigenvalue weighted by molar-refractivity contribution is -0.129. The maximum atomic E-state index is 12.2. The molecule has 118 valence electrons. The van der Waals surface area contributed by atoms with Crippen LogP contribution in [0.3, 0.4) is 0 Å². The van der Waals surface area contributed by atoms with Gasteiger partial charge in [-0.25, -0.2) is 5.01 Å². The molecule has 0 saturated carbocycles. The first-order chi connectivity index (χ1) is 11.1. The molecular formula is C17H16ClN3O2. The van der Waals surface area contributed by atoms with E-state index in [9.17, 15) is 4.79 Å². The van der Waals surface area contributed by atoms with E-state index in [4.69, 9.17) is 22.1 Å². The molecule has 0 bridgehead atoms. The van der Waals surface area contributed by atoms with E-state index in [0.29, 0.717) is 17.3 Å². The quantitative estimate of drug-likeness (QED) is 0.876. The third-order valence-corrected chi connectivity index (χ3v) is 3.91. The summed E-state index contributed by atoms with van der Waals surface area (Å²) in [4.78, 5) is 12.2. The Labute approximate surface area is 139 Å². The Morgan fingerprint density at radius 2 is 2.13 bits per heavy atom. The minimum absolute atomic E-state index is 0.0582. The van der Waals surface area contributed by atoms with Gasteiger partial charge in [-0.15, -0.1) is 0 Å². The number of hydrogen-bond acceptors (Lipinski definition) is 4. The third-order valence-electron chi connectivity index (χ3n) is 3.68. The molecule has 3 rings (SSSR count). The van der Waals surface area contributed by atoms with Gasteiger partial charge in [0.25, 0.3) is 0 Å². The number of carbonyl (C=O) groups excluding carboxylic acids is 1. The summed E-state index contributed by atoms with van der Waals surface area (Å²) in [6, 6.07) is 12.7. The number of benzene rings is 2. The predicted molar refractivity (Wildman–Crippen MR) is 90.6 cm³/mol. The number of nitrogens with zero attached hydrogens (tertiary/aromatic N) is 2. The number of rotatable bonds is 4. The van der Waals surface area contributed by atoms with E-state index in [2.05, 4.69) is 5.10 Å². The Balaban J connectivity index is 1.83. The maximum absolute atomic E-state index is 12.2. The number of ether oxygens (including phenoxy) is 1. The van der Waals surface area contributed by atoms with Crippen molar-refractivity contribution in [2.75, 3.05) is 12.8 Å². The van der Waals surface area contributed by atoms with Gasteiger partial charge >= 0.3 is 0 Å². The second-order valence-electron chi connectivity index (χ2n) is 5.25. The molecule has 23 heavy (non-hydrogen) atoms. The van der Waals surface area contributed by atoms with Gasteiger partial charge in [0.15, 0.2) is 0 Å². The normalized spacial score (nSPS) is 14.1. The second kappa shape index (κ2) is 6.30. The van der Waals surface area contributed by atoms with Gasteiger partial charge in [0.05, 0.1) is 25.8 Å². The predicted octanol–water partition coefficient (Wildman–Crippen LogP) is 3.07. The van der Waals surface area contributed by atoms with Crippen molar-refractivity contribution in [3.63, 3.8) is 0 Å². The van der Waals surface area contributed by atoms with E-state index < -0.39 is 0 Å². The van der Waals surface area contributed by atoms with Crippen LogP contribution in [0.25, 0.3) is 0 Å². The number of anilines is 1. The van der Waals surface area contributed by atoms with Crippen molar-refractivity contribution >= 4 is 28.9 Å². The highest BCUT2D eigenvalue weighted by atomic mass is 35.5. The van der Waals surface area contributed by atoms with Crippen LogP contribution < -0.4 is 10.5 Å². The maximum Gasteiger partial charge on any atom is 0.249 e. The fourth-order valence-electron chi connectivity index (χ4n) is 2.43. The summed E-state index contributed by atoms with van der Waals surface area (Å²) in [5.74, 6) is 0.676. The average molecular weight is 330 g/mol. The fourth-order valence-corrected chi connectivity index (χ4v) is 2.61. The topological polar surface area (TPSA) is 67.9 Å². The Bertz CT molecular complexity index is 789. The van der Waals surface area contributed by atoms with E-state index in [1.165, 1.54) is 5.01 Å². The molecule has 1 aliphatic rings. The van der Waals surface area contributed by atoms with Gasteiger partial charge < -0.3 is 10.5 Å². The van der Waals surface area contributed by atoms with Crippen molar-refractivity contribution < 1.29 is 9.53 Å². The zero-order valence-electron chi connectivity index (χ0n) is 12.6. The average Bonchev–Trinajstić information content (AvgIpc) is 2.91. The van der Waals surface area contributed by atoms with E-state index in [1.54, 1.807) is 19.2 Å². The number of carbonyl (C=O) groups is 1. The molecule has 2 aromatic rings. The molecule has 2 N–H and O–H groups in total. The first-order valence-corrected chi connectivity index (χ1v) is 7.51. The van der Waals surface area contributed by atoms with Crippen molar-refractivity contribution in [1.29, 1.82) is 0 Å². The van der Waals surface area contributed by atoms with Crippen LogP contribution in [0.5, 0.6) is 5.75 Å². The zero-order valence-corrected chi connectivity index (χ0v) is 13.4. The summed E-state index contributed by atoms with van der Waals surface area (Å²) in [7, 11) is 1.61. The smallest absolute Gasteiger partial charge is 0.249 e. The van der Waals surface area contributed by atoms with Crippen molar-refractivity contribution in [3.05, 3.63) is 58.6 Å². The zero-order chi connectivity index (χ0) is 16.4. The number of hydrogen-bond donors (Lipinski definition) is 1. The SMILES string of the molecule is COc1cccc(C2=NN(Cc3ccc(Cl)cc3N)C(=O)C2)c1. The van der Waals surface area contributed by atoms with Gasteiger partial charge in [-0.2, -0.15) is 5.10 Å². The molecule has 1 aliphatic heterocycles. The number of nitrogens with two attached hydrogens (primary N) is 1. The minimum Gasteiger partial charge on any atom is -0.497 e. The fraction of sp³-hybridized carbons (Fsp3) is 0.176. The molecule has 0 atom stereocenters. The van der Waals surface area contributed by atoms with Gasteiger partial charge in [-0.1, -0.05) is 29.8 Å². The summed E-state index contributed by atoms with van der Waals surface area (Å²) in [6.45, 7) is 0.329. The van der Waals surface area contributed by atoms with E-state index >= 15 is 0 Å². The second-order valence-corrected chi connectivity index (χ2v) is 5.69. The molecule has 1 amide bonds. The number of halogens is 1. The van der Waals surface area contributed by atoms with Crippen molar-refractivity contribution in [2.24, 2.45) is 5.10 Å². The number of methoxy groups -OCH3 is 1. The number of amides is 1. The van der Waals surface area contributed by atoms with Crippen LogP contribution in [-0.2, 0) is 11.3 Å². The number of hydrazone groups is 1. The van der Waals surface area contributed by atoms with Gasteiger partial charge in [0.2, 0.25) is 5.91 Å². The molecule has 0 fully saturated rings. The molecule has 1 heterocycles. The standard InChI is InChI=1S/C17H16ClN3O2/c1-23-14-4-2-3-11(7-14)16-9-17(22)21(20-16)10-12-5-6-13(18)8-15(12)19/h2-8H,9-10,19H2,1H3. The highest BCUT2D eigenvalue weighted by molar-refractivity contribution is 6.30. The number of nitrogen functional groups attached to an aromatic ring is 1. The molecule has 0 aliphatic carbocycles. The van der Waals surface area contributed by atoms with Gasteiger partial charge in [-0.3, -0.25) is 4.79 Å². The minimum atomic E-state index is -0.0582. The van der Waals surface area contributed by atoms with Gasteiger partial charge in [-0.05, 0) is 29.8 Å². The summed E-state index contributed by atoms with van der Waals surface area (Å²) >= 11 is 5.89. The lowest BCUT2D eigenvalue weighted by Gasteiger charge is -2.13. The molecule has 6 heteroatoms. The highest BCUT2D eigenvalue weighted by Crippen LogP contribution is 2.24. The molecule has 0 unspecified atom stereocenters. The summed E-state index contributed by atoms with van der Waals surface area (Å²) in [5.41, 5.74) is 8.91. The molecule has 0 radical (unpaired) electrons. The Hall–Kier alpha value is -2.53. The van der Waals surface area contributed by atoms with Gasteiger partial charge in [0, 0.05) is 16.3 Å². The van der Waals surface area contributed by atoms with Crippen LogP contribution in [0.2, 0.25) is 5.02 Å². The molecule has 0 aromatic heterocycles. The molecule has 2 aromatic carbocycles. The van der Waals surface area contributed by atoms with Crippen LogP contribution in [0, 0.1) is 0 Å². The van der Waals surface area contributed by atoms with Crippen molar-refractivity contribution in [1.82, 2.24) is 5.01 Å². The van der Waals surface area contributed by atoms with Crippen LogP contribution in [0.15, 0.2) is 47.6 Å². The molecular weight excluding hydrogens is 314 g/mol. The molecule has 0 saturated heterocycles. The summed E-state index contributed by atoms with van der Waals surface area (Å²) in [6.07, 6.45) is 0.265. The first-order valence-electron chi connectivity index (χ1n) is 7.13. The third kappa shape index (κ3) is 3.29. The lowest BCUT2D eigenvalue weighted by Crippen LogP contribution is -2.20. The van der Waals surface area contributed by atoms with E-state index in [-0.39, 0.29) is 12.3 Å².